The molecule has 0 amide bonds. The first-order valence-electron chi connectivity index (χ1n) is 14.0. The number of hydrogen-bond donors (Lipinski definition) is 0. The Hall–Kier alpha value is -5.34. The molecule has 2 heteroatoms. The molecule has 41 heavy (non-hydrogen) atoms. The highest BCUT2D eigenvalue weighted by molar-refractivity contribution is 6.35. The molecule has 0 fully saturated rings. The fraction of sp³-hybridized carbons (Fsp3) is 0.0256. The Kier molecular flexibility index (Phi) is 5.39. The van der Waals surface area contributed by atoms with Gasteiger partial charge in [0, 0.05) is 41.5 Å². The number of nitrogens with zero attached hydrogens (tertiary/aromatic N) is 2. The topological polar surface area (TPSA) is 25.8 Å². The van der Waals surface area contributed by atoms with E-state index < -0.39 is 0 Å². The molecule has 6 aromatic carbocycles. The number of allylic oxidation sites excluding steroid dienone is 1. The Labute approximate surface area is 238 Å². The molecule has 2 aromatic heterocycles. The fourth-order valence-corrected chi connectivity index (χ4v) is 6.50. The maximum absolute atomic E-state index is 4.64. The van der Waals surface area contributed by atoms with Crippen molar-refractivity contribution < 1.29 is 0 Å². The molecule has 0 aliphatic heterocycles. The van der Waals surface area contributed by atoms with Gasteiger partial charge in [-0.15, -0.1) is 6.58 Å². The van der Waals surface area contributed by atoms with Gasteiger partial charge in [0.1, 0.15) is 0 Å². The molecule has 0 N–H and O–H groups in total. The summed E-state index contributed by atoms with van der Waals surface area (Å²) in [5.41, 5.74) is 8.14. The zero-order valence-corrected chi connectivity index (χ0v) is 22.5. The average Bonchev–Trinajstić information content (AvgIpc) is 3.04. The molecule has 0 aliphatic carbocycles. The predicted molar refractivity (Wildman–Crippen MR) is 173 cm³/mol. The smallest absolute Gasteiger partial charge is 0.0347 e. The molecule has 2 heterocycles. The monoisotopic (exact) mass is 522 g/mol. The first-order chi connectivity index (χ1) is 20.3. The first kappa shape index (κ1) is 23.5. The summed E-state index contributed by atoms with van der Waals surface area (Å²) in [5.74, 6) is 0. The Morgan fingerprint density at radius 2 is 1.00 bits per heavy atom. The lowest BCUT2D eigenvalue weighted by atomic mass is 9.85. The van der Waals surface area contributed by atoms with Crippen LogP contribution in [0, 0.1) is 0 Å². The van der Waals surface area contributed by atoms with Gasteiger partial charge in [-0.1, -0.05) is 97.1 Å². The fourth-order valence-electron chi connectivity index (χ4n) is 6.50. The minimum Gasteiger partial charge on any atom is -0.264 e. The largest absolute Gasteiger partial charge is 0.264 e. The molecule has 0 radical (unpaired) electrons. The molecule has 192 valence electrons. The highest BCUT2D eigenvalue weighted by Crippen LogP contribution is 2.45. The Balaban J connectivity index is 1.39. The summed E-state index contributed by atoms with van der Waals surface area (Å²) < 4.78 is 0. The number of benzene rings is 6. The molecule has 8 aromatic rings. The second-order valence-corrected chi connectivity index (χ2v) is 10.7. The van der Waals surface area contributed by atoms with Crippen LogP contribution >= 0.6 is 0 Å². The minimum absolute atomic E-state index is 0.809. The number of aromatic nitrogens is 2. The number of pyridine rings is 2. The molecule has 8 rings (SSSR count). The predicted octanol–water partition coefficient (Wildman–Crippen LogP) is 10.3. The van der Waals surface area contributed by atoms with E-state index in [4.69, 9.17) is 0 Å². The van der Waals surface area contributed by atoms with Crippen LogP contribution in [0.3, 0.4) is 0 Å². The van der Waals surface area contributed by atoms with Crippen LogP contribution in [0.15, 0.2) is 141 Å². The summed E-state index contributed by atoms with van der Waals surface area (Å²) in [6, 6.07) is 37.5. The lowest BCUT2D eigenvalue weighted by molar-refractivity contribution is 1.20. The van der Waals surface area contributed by atoms with Crippen LogP contribution in [0.1, 0.15) is 5.56 Å². The maximum Gasteiger partial charge on any atom is 0.0347 e. The van der Waals surface area contributed by atoms with E-state index in [2.05, 4.69) is 114 Å². The average molecular weight is 523 g/mol. The van der Waals surface area contributed by atoms with Crippen LogP contribution in [0.25, 0.3) is 76.5 Å². The molecular formula is C39H26N2. The van der Waals surface area contributed by atoms with Crippen LogP contribution in [0.5, 0.6) is 0 Å². The molecule has 0 atom stereocenters. The van der Waals surface area contributed by atoms with Gasteiger partial charge in [-0.05, 0) is 83.9 Å². The van der Waals surface area contributed by atoms with Crippen molar-refractivity contribution in [3.05, 3.63) is 146 Å². The Morgan fingerprint density at radius 1 is 0.463 bits per heavy atom. The van der Waals surface area contributed by atoms with Crippen LogP contribution in [0.4, 0.5) is 0 Å². The van der Waals surface area contributed by atoms with E-state index in [-0.39, 0.29) is 0 Å². The molecule has 0 aliphatic rings. The van der Waals surface area contributed by atoms with Gasteiger partial charge in [0.05, 0.1) is 0 Å². The second-order valence-electron chi connectivity index (χ2n) is 10.7. The van der Waals surface area contributed by atoms with Gasteiger partial charge in [-0.3, -0.25) is 9.97 Å². The van der Waals surface area contributed by atoms with E-state index in [0.29, 0.717) is 0 Å². The number of fused-ring (bicyclic) bond motifs is 2. The van der Waals surface area contributed by atoms with Crippen molar-refractivity contribution in [2.75, 3.05) is 0 Å². The van der Waals surface area contributed by atoms with Crippen molar-refractivity contribution >= 4 is 43.1 Å². The molecule has 2 nitrogen and oxygen atoms in total. The number of rotatable bonds is 5. The van der Waals surface area contributed by atoms with Gasteiger partial charge in [0.2, 0.25) is 0 Å². The van der Waals surface area contributed by atoms with E-state index in [9.17, 15) is 0 Å². The third-order valence-corrected chi connectivity index (χ3v) is 8.30. The van der Waals surface area contributed by atoms with Crippen molar-refractivity contribution in [1.82, 2.24) is 9.97 Å². The van der Waals surface area contributed by atoms with Gasteiger partial charge < -0.3 is 0 Å². The van der Waals surface area contributed by atoms with Crippen LogP contribution in [-0.4, -0.2) is 9.97 Å². The SMILES string of the molecule is C=CCc1cncc(-c2ccc3c4cccc5c(-c6cncc(-c7ccccc7)c6)ccc(c6cccc2c36)c54)c1. The van der Waals surface area contributed by atoms with Crippen molar-refractivity contribution in [2.45, 2.75) is 6.42 Å². The molecule has 0 spiro atoms. The Bertz CT molecular complexity index is 2230. The normalized spacial score (nSPS) is 11.6. The van der Waals surface area contributed by atoms with Gasteiger partial charge in [0.15, 0.2) is 0 Å². The van der Waals surface area contributed by atoms with Gasteiger partial charge in [-0.25, -0.2) is 0 Å². The van der Waals surface area contributed by atoms with Gasteiger partial charge in [-0.2, -0.15) is 0 Å². The van der Waals surface area contributed by atoms with Crippen LogP contribution < -0.4 is 0 Å². The zero-order valence-electron chi connectivity index (χ0n) is 22.5. The van der Waals surface area contributed by atoms with Crippen molar-refractivity contribution in [2.24, 2.45) is 0 Å². The van der Waals surface area contributed by atoms with Gasteiger partial charge >= 0.3 is 0 Å². The minimum atomic E-state index is 0.809. The molecule has 0 saturated heterocycles. The summed E-state index contributed by atoms with van der Waals surface area (Å²) >= 11 is 0. The van der Waals surface area contributed by atoms with Crippen LogP contribution in [-0.2, 0) is 6.42 Å². The summed E-state index contributed by atoms with van der Waals surface area (Å²) in [5, 5.41) is 10.2. The summed E-state index contributed by atoms with van der Waals surface area (Å²) in [7, 11) is 0. The van der Waals surface area contributed by atoms with Crippen molar-refractivity contribution in [1.29, 1.82) is 0 Å². The zero-order chi connectivity index (χ0) is 27.3. The summed E-state index contributed by atoms with van der Waals surface area (Å²) in [6.07, 6.45) is 10.6. The molecule has 0 bridgehead atoms. The van der Waals surface area contributed by atoms with E-state index >= 15 is 0 Å². The van der Waals surface area contributed by atoms with Gasteiger partial charge in [0.25, 0.3) is 0 Å². The number of hydrogen-bond acceptors (Lipinski definition) is 2. The first-order valence-corrected chi connectivity index (χ1v) is 14.0. The highest BCUT2D eigenvalue weighted by atomic mass is 14.6. The molecule has 0 unspecified atom stereocenters. The van der Waals surface area contributed by atoms with E-state index in [1.807, 2.05) is 36.9 Å². The summed E-state index contributed by atoms with van der Waals surface area (Å²) in [6.45, 7) is 3.90. The quantitative estimate of drug-likeness (QED) is 0.128. The van der Waals surface area contributed by atoms with E-state index in [1.165, 1.54) is 65.3 Å². The van der Waals surface area contributed by atoms with Crippen molar-refractivity contribution in [3.8, 4) is 33.4 Å². The maximum atomic E-state index is 4.64. The standard InChI is InChI=1S/C39H26N2/c1-2-8-25-19-28(23-40-21-25)30-15-17-36-35-14-7-12-33-31(29-20-27(22-41-24-29)26-9-4-3-5-10-26)16-18-37(39(33)35)34-13-6-11-32(30)38(34)36/h2-7,9-24H,1,8H2. The van der Waals surface area contributed by atoms with E-state index in [1.54, 1.807) is 0 Å². The second kappa shape index (κ2) is 9.39. The van der Waals surface area contributed by atoms with Crippen LogP contribution in [0.2, 0.25) is 0 Å². The molecule has 0 saturated carbocycles. The third-order valence-electron chi connectivity index (χ3n) is 8.30. The molecular weight excluding hydrogens is 496 g/mol. The van der Waals surface area contributed by atoms with E-state index in [0.717, 1.165) is 23.1 Å². The lowest BCUT2D eigenvalue weighted by Gasteiger charge is -2.18. The highest BCUT2D eigenvalue weighted by Gasteiger charge is 2.17. The Morgan fingerprint density at radius 3 is 1.63 bits per heavy atom. The van der Waals surface area contributed by atoms with Crippen molar-refractivity contribution in [3.63, 3.8) is 0 Å². The lowest BCUT2D eigenvalue weighted by Crippen LogP contribution is -1.92. The summed E-state index contributed by atoms with van der Waals surface area (Å²) in [4.78, 5) is 9.18. The third kappa shape index (κ3) is 3.72.